The number of hydrogen-bond acceptors (Lipinski definition) is 1. The van der Waals surface area contributed by atoms with Gasteiger partial charge in [-0.05, 0) is 90.0 Å². The molecule has 0 amide bonds. The van der Waals surface area contributed by atoms with Crippen molar-refractivity contribution < 1.29 is 0 Å². The molecule has 0 saturated heterocycles. The van der Waals surface area contributed by atoms with Crippen LogP contribution in [0.3, 0.4) is 0 Å². The predicted molar refractivity (Wildman–Crippen MR) is 209 cm³/mol. The van der Waals surface area contributed by atoms with Crippen LogP contribution in [-0.2, 0) is 10.8 Å². The third kappa shape index (κ3) is 3.82. The zero-order valence-corrected chi connectivity index (χ0v) is 28.4. The van der Waals surface area contributed by atoms with Gasteiger partial charge < -0.3 is 4.90 Å². The van der Waals surface area contributed by atoms with Crippen LogP contribution in [0.4, 0.5) is 17.1 Å². The molecule has 1 nitrogen and oxygen atoms in total. The van der Waals surface area contributed by atoms with Crippen LogP contribution in [0, 0.1) is 0 Å². The summed E-state index contributed by atoms with van der Waals surface area (Å²) in [6.07, 6.45) is 0. The molecule has 0 fully saturated rings. The van der Waals surface area contributed by atoms with E-state index >= 15 is 0 Å². The van der Waals surface area contributed by atoms with Gasteiger partial charge in [-0.15, -0.1) is 0 Å². The molecule has 0 spiro atoms. The van der Waals surface area contributed by atoms with Crippen molar-refractivity contribution in [1.29, 1.82) is 0 Å². The zero-order valence-electron chi connectivity index (χ0n) is 28.4. The van der Waals surface area contributed by atoms with Gasteiger partial charge in [-0.3, -0.25) is 0 Å². The highest BCUT2D eigenvalue weighted by Gasteiger charge is 2.42. The summed E-state index contributed by atoms with van der Waals surface area (Å²) < 4.78 is 0. The topological polar surface area (TPSA) is 3.24 Å². The average Bonchev–Trinajstić information content (AvgIpc) is 3.52. The van der Waals surface area contributed by atoms with Crippen molar-refractivity contribution in [2.24, 2.45) is 0 Å². The Morgan fingerprint density at radius 3 is 1.35 bits per heavy atom. The van der Waals surface area contributed by atoms with Gasteiger partial charge in [0.25, 0.3) is 0 Å². The lowest BCUT2D eigenvalue weighted by Gasteiger charge is -2.33. The summed E-state index contributed by atoms with van der Waals surface area (Å²) in [5, 5.41) is 7.67. The van der Waals surface area contributed by atoms with E-state index in [-0.39, 0.29) is 10.8 Å². The van der Waals surface area contributed by atoms with E-state index in [1.165, 1.54) is 88.2 Å². The molecule has 234 valence electrons. The van der Waals surface area contributed by atoms with Crippen LogP contribution in [0.5, 0.6) is 0 Å². The van der Waals surface area contributed by atoms with E-state index in [1.54, 1.807) is 0 Å². The molecule has 0 aromatic heterocycles. The smallest absolute Gasteiger partial charge is 0.0549 e. The average molecular weight is 628 g/mol. The first-order valence-electron chi connectivity index (χ1n) is 17.5. The first-order chi connectivity index (χ1) is 23.8. The van der Waals surface area contributed by atoms with Crippen LogP contribution in [0.2, 0.25) is 0 Å². The second kappa shape index (κ2) is 9.94. The third-order valence-electron chi connectivity index (χ3n) is 11.5. The highest BCUT2D eigenvalue weighted by Crippen LogP contribution is 2.60. The van der Waals surface area contributed by atoms with Crippen molar-refractivity contribution in [3.8, 4) is 22.3 Å². The van der Waals surface area contributed by atoms with E-state index in [4.69, 9.17) is 0 Å². The van der Waals surface area contributed by atoms with Crippen molar-refractivity contribution in [2.45, 2.75) is 38.5 Å². The molecule has 8 aromatic carbocycles. The fourth-order valence-corrected chi connectivity index (χ4v) is 9.35. The largest absolute Gasteiger partial charge is 0.309 e. The third-order valence-corrected chi connectivity index (χ3v) is 11.5. The summed E-state index contributed by atoms with van der Waals surface area (Å²) in [6.45, 7) is 9.61. The van der Waals surface area contributed by atoms with Crippen LogP contribution in [0.15, 0.2) is 152 Å². The van der Waals surface area contributed by atoms with Gasteiger partial charge in [0.2, 0.25) is 0 Å². The van der Waals surface area contributed by atoms with E-state index < -0.39 is 0 Å². The SMILES string of the molecule is CC1(C)c2ccccc2-c2c(N(c3ccc4ccccc4c3)c3cc4ccccc4c4c3-c3ccccc3C4(C)C)cc3ccccc3c21. The molecule has 2 aliphatic rings. The number of rotatable bonds is 3. The van der Waals surface area contributed by atoms with Crippen molar-refractivity contribution in [3.05, 3.63) is 174 Å². The monoisotopic (exact) mass is 627 g/mol. The summed E-state index contributed by atoms with van der Waals surface area (Å²) in [5.74, 6) is 0. The van der Waals surface area contributed by atoms with Gasteiger partial charge in [0.15, 0.2) is 0 Å². The number of fused-ring (bicyclic) bond motifs is 11. The van der Waals surface area contributed by atoms with Crippen LogP contribution in [-0.4, -0.2) is 0 Å². The molecule has 0 radical (unpaired) electrons. The summed E-state index contributed by atoms with van der Waals surface area (Å²) in [7, 11) is 0. The molecule has 10 rings (SSSR count). The molecular formula is C48H37N. The maximum Gasteiger partial charge on any atom is 0.0549 e. The summed E-state index contributed by atoms with van der Waals surface area (Å²) >= 11 is 0. The molecule has 0 N–H and O–H groups in total. The first-order valence-corrected chi connectivity index (χ1v) is 17.5. The Morgan fingerprint density at radius 2 is 0.816 bits per heavy atom. The van der Waals surface area contributed by atoms with Gasteiger partial charge in [0.05, 0.1) is 11.4 Å². The minimum absolute atomic E-state index is 0.156. The fraction of sp³-hybridized carbons (Fsp3) is 0.125. The summed E-state index contributed by atoms with van der Waals surface area (Å²) in [5.41, 5.74) is 14.2. The molecule has 0 atom stereocenters. The van der Waals surface area contributed by atoms with Gasteiger partial charge in [-0.2, -0.15) is 0 Å². The number of benzene rings is 8. The lowest BCUT2D eigenvalue weighted by atomic mass is 9.79. The molecular weight excluding hydrogens is 591 g/mol. The Kier molecular flexibility index (Phi) is 5.75. The molecule has 1 heteroatoms. The van der Waals surface area contributed by atoms with Gasteiger partial charge in [0, 0.05) is 27.6 Å². The second-order valence-corrected chi connectivity index (χ2v) is 14.9. The van der Waals surface area contributed by atoms with Crippen LogP contribution in [0.1, 0.15) is 49.9 Å². The molecule has 2 aliphatic carbocycles. The highest BCUT2D eigenvalue weighted by molar-refractivity contribution is 6.11. The predicted octanol–water partition coefficient (Wildman–Crippen LogP) is 13.2. The Labute approximate surface area is 288 Å². The van der Waals surface area contributed by atoms with Crippen LogP contribution in [0.25, 0.3) is 54.6 Å². The van der Waals surface area contributed by atoms with E-state index in [0.29, 0.717) is 0 Å². The van der Waals surface area contributed by atoms with E-state index in [9.17, 15) is 0 Å². The number of nitrogens with zero attached hydrogens (tertiary/aromatic N) is 1. The maximum atomic E-state index is 2.60. The van der Waals surface area contributed by atoms with Gasteiger partial charge in [0.1, 0.15) is 0 Å². The second-order valence-electron chi connectivity index (χ2n) is 14.9. The van der Waals surface area contributed by atoms with E-state index in [0.717, 1.165) is 5.69 Å². The normalized spacial score (nSPS) is 14.9. The Balaban J connectivity index is 1.41. The van der Waals surface area contributed by atoms with Gasteiger partial charge in [-0.25, -0.2) is 0 Å². The van der Waals surface area contributed by atoms with E-state index in [2.05, 4.69) is 184 Å². The van der Waals surface area contributed by atoms with Crippen LogP contribution < -0.4 is 4.90 Å². The van der Waals surface area contributed by atoms with Crippen molar-refractivity contribution in [3.63, 3.8) is 0 Å². The maximum absolute atomic E-state index is 2.60. The van der Waals surface area contributed by atoms with Gasteiger partial charge >= 0.3 is 0 Å². The minimum atomic E-state index is -0.156. The highest BCUT2D eigenvalue weighted by atomic mass is 15.1. The summed E-state index contributed by atoms with van der Waals surface area (Å²) in [4.78, 5) is 2.60. The molecule has 0 bridgehead atoms. The van der Waals surface area contributed by atoms with Crippen molar-refractivity contribution in [1.82, 2.24) is 0 Å². The van der Waals surface area contributed by atoms with Gasteiger partial charge in [-0.1, -0.05) is 155 Å². The van der Waals surface area contributed by atoms with Crippen LogP contribution >= 0.6 is 0 Å². The molecule has 0 saturated carbocycles. The lowest BCUT2D eigenvalue weighted by molar-refractivity contribution is 0.666. The molecule has 49 heavy (non-hydrogen) atoms. The lowest BCUT2D eigenvalue weighted by Crippen LogP contribution is -2.18. The van der Waals surface area contributed by atoms with E-state index in [1.807, 2.05) is 0 Å². The first kappa shape index (κ1) is 28.4. The number of hydrogen-bond donors (Lipinski definition) is 0. The van der Waals surface area contributed by atoms with Crippen molar-refractivity contribution >= 4 is 49.4 Å². The zero-order chi connectivity index (χ0) is 33.1. The number of anilines is 3. The minimum Gasteiger partial charge on any atom is -0.309 e. The molecule has 0 unspecified atom stereocenters. The summed E-state index contributed by atoms with van der Waals surface area (Å²) in [6, 6.07) is 56.7. The fourth-order valence-electron chi connectivity index (χ4n) is 9.35. The molecule has 0 aliphatic heterocycles. The molecule has 8 aromatic rings. The van der Waals surface area contributed by atoms with Crippen molar-refractivity contribution in [2.75, 3.05) is 4.90 Å². The standard InChI is InChI=1S/C48H37N/c1-47(2)39-23-13-11-21-37(39)43-41(28-32-17-7-9-19-35(32)45(43)47)49(34-26-25-30-15-5-6-16-31(30)27-34)42-29-33-18-8-10-20-36(33)46-44(42)38-22-12-14-24-40(38)48(46,3)4/h5-29H,1-4H3. The quantitative estimate of drug-likeness (QED) is 0.188. The molecule has 0 heterocycles. The Morgan fingerprint density at radius 1 is 0.388 bits per heavy atom. The Bertz CT molecular complexity index is 2530. The Hall–Kier alpha value is -5.66.